The van der Waals surface area contributed by atoms with Crippen molar-refractivity contribution in [1.29, 1.82) is 0 Å². The molecule has 2 heterocycles. The van der Waals surface area contributed by atoms with E-state index in [0.717, 1.165) is 5.92 Å². The van der Waals surface area contributed by atoms with Gasteiger partial charge in [-0.05, 0) is 62.6 Å². The van der Waals surface area contributed by atoms with Crippen molar-refractivity contribution in [1.82, 2.24) is 14.7 Å². The van der Waals surface area contributed by atoms with E-state index < -0.39 is 0 Å². The minimum atomic E-state index is 0.475. The third-order valence-corrected chi connectivity index (χ3v) is 6.68. The fourth-order valence-corrected chi connectivity index (χ4v) is 4.55. The Hall–Kier alpha value is -0.120. The number of likely N-dealkylation sites (tertiary alicyclic amines) is 1. The highest BCUT2D eigenvalue weighted by atomic mass is 15.2. The average molecular weight is 368 g/mol. The van der Waals surface area contributed by atoms with Gasteiger partial charge in [-0.2, -0.15) is 0 Å². The second-order valence-electron chi connectivity index (χ2n) is 10.0. The van der Waals surface area contributed by atoms with E-state index in [-0.39, 0.29) is 0 Å². The highest BCUT2D eigenvalue weighted by molar-refractivity contribution is 4.86. The summed E-state index contributed by atoms with van der Waals surface area (Å²) in [5.41, 5.74) is 1.04. The molecular weight excluding hydrogens is 318 g/mol. The van der Waals surface area contributed by atoms with Crippen molar-refractivity contribution >= 4 is 0 Å². The molecule has 3 heteroatoms. The first-order chi connectivity index (χ1) is 12.2. The zero-order valence-corrected chi connectivity index (χ0v) is 19.4. The summed E-state index contributed by atoms with van der Waals surface area (Å²) in [6.07, 6.45) is 5.47. The Morgan fingerprint density at radius 1 is 0.923 bits per heavy atom. The molecule has 0 N–H and O–H groups in total. The second-order valence-corrected chi connectivity index (χ2v) is 10.0. The number of nitrogens with zero attached hydrogens (tertiary/aromatic N) is 3. The molecule has 2 fully saturated rings. The van der Waals surface area contributed by atoms with Gasteiger partial charge in [0.2, 0.25) is 0 Å². The molecule has 3 nitrogen and oxygen atoms in total. The molecule has 0 aliphatic carbocycles. The number of likely N-dealkylation sites (N-methyl/N-ethyl adjacent to an activating group) is 1. The van der Waals surface area contributed by atoms with Crippen molar-refractivity contribution in [3.8, 4) is 0 Å². The maximum atomic E-state index is 2.72. The maximum absolute atomic E-state index is 2.72. The summed E-state index contributed by atoms with van der Waals surface area (Å²) in [6, 6.07) is 0. The van der Waals surface area contributed by atoms with Gasteiger partial charge in [-0.3, -0.25) is 0 Å². The van der Waals surface area contributed by atoms with Gasteiger partial charge in [-0.25, -0.2) is 0 Å². The second kappa shape index (κ2) is 11.0. The smallest absolute Gasteiger partial charge is 0.0110 e. The van der Waals surface area contributed by atoms with Crippen LogP contribution in [0.2, 0.25) is 0 Å². The Morgan fingerprint density at radius 3 is 1.96 bits per heavy atom. The molecule has 0 amide bonds. The van der Waals surface area contributed by atoms with E-state index >= 15 is 0 Å². The van der Waals surface area contributed by atoms with Crippen LogP contribution in [-0.2, 0) is 0 Å². The largest absolute Gasteiger partial charge is 0.304 e. The van der Waals surface area contributed by atoms with Gasteiger partial charge in [0.1, 0.15) is 0 Å². The molecular formula is C23H49N3. The SMILES string of the molecule is CC.CCC(C)(C)CN1CCC(C)(CC(C)CN2CCN(C)CC2)CC1. The molecule has 0 bridgehead atoms. The maximum Gasteiger partial charge on any atom is 0.0110 e. The summed E-state index contributed by atoms with van der Waals surface area (Å²) in [4.78, 5) is 7.86. The Labute approximate surface area is 165 Å². The van der Waals surface area contributed by atoms with Gasteiger partial charge in [0.15, 0.2) is 0 Å². The van der Waals surface area contributed by atoms with Gasteiger partial charge >= 0.3 is 0 Å². The minimum absolute atomic E-state index is 0.475. The van der Waals surface area contributed by atoms with Gasteiger partial charge in [-0.15, -0.1) is 0 Å². The van der Waals surface area contributed by atoms with E-state index in [2.05, 4.69) is 56.4 Å². The first kappa shape index (κ1) is 23.9. The standard InChI is InChI=1S/C21H43N3.C2H6/c1-7-20(3,4)18-24-10-8-21(5,9-11-24)16-19(2)17-23-14-12-22(6)13-15-23;1-2/h19H,7-18H2,1-6H3;1-2H3. The van der Waals surface area contributed by atoms with Crippen LogP contribution in [0.1, 0.15) is 74.1 Å². The Balaban J connectivity index is 0.00000163. The van der Waals surface area contributed by atoms with Crippen LogP contribution in [0.25, 0.3) is 0 Å². The molecule has 0 spiro atoms. The number of hydrogen-bond donors (Lipinski definition) is 0. The van der Waals surface area contributed by atoms with Crippen LogP contribution in [-0.4, -0.2) is 74.1 Å². The molecule has 2 saturated heterocycles. The summed E-state index contributed by atoms with van der Waals surface area (Å²) in [5, 5.41) is 0. The van der Waals surface area contributed by atoms with Crippen molar-refractivity contribution < 1.29 is 0 Å². The molecule has 1 unspecified atom stereocenters. The lowest BCUT2D eigenvalue weighted by Crippen LogP contribution is -2.47. The normalized spacial score (nSPS) is 24.0. The summed E-state index contributed by atoms with van der Waals surface area (Å²) in [6.45, 7) is 26.4. The lowest BCUT2D eigenvalue weighted by molar-refractivity contribution is 0.0602. The van der Waals surface area contributed by atoms with Crippen molar-refractivity contribution in [2.24, 2.45) is 16.7 Å². The Kier molecular flexibility index (Phi) is 10.1. The number of piperidine rings is 1. The highest BCUT2D eigenvalue weighted by Crippen LogP contribution is 2.38. The molecule has 2 aliphatic heterocycles. The van der Waals surface area contributed by atoms with E-state index in [1.807, 2.05) is 13.8 Å². The zero-order valence-electron chi connectivity index (χ0n) is 19.4. The summed E-state index contributed by atoms with van der Waals surface area (Å²) in [7, 11) is 2.25. The third-order valence-electron chi connectivity index (χ3n) is 6.68. The highest BCUT2D eigenvalue weighted by Gasteiger charge is 2.33. The van der Waals surface area contributed by atoms with Crippen LogP contribution in [0.5, 0.6) is 0 Å². The molecule has 156 valence electrons. The molecule has 2 rings (SSSR count). The number of rotatable bonds is 7. The predicted molar refractivity (Wildman–Crippen MR) is 117 cm³/mol. The molecule has 2 aliphatic rings. The van der Waals surface area contributed by atoms with Crippen LogP contribution < -0.4 is 0 Å². The van der Waals surface area contributed by atoms with Crippen molar-refractivity contribution in [2.45, 2.75) is 74.1 Å². The Bertz CT molecular complexity index is 364. The van der Waals surface area contributed by atoms with Gasteiger partial charge in [-0.1, -0.05) is 48.5 Å². The Morgan fingerprint density at radius 2 is 1.46 bits per heavy atom. The fraction of sp³-hybridized carbons (Fsp3) is 1.00. The minimum Gasteiger partial charge on any atom is -0.304 e. The molecule has 0 aromatic rings. The topological polar surface area (TPSA) is 9.72 Å². The van der Waals surface area contributed by atoms with Gasteiger partial charge < -0.3 is 14.7 Å². The molecule has 0 aromatic heterocycles. The van der Waals surface area contributed by atoms with Crippen molar-refractivity contribution in [3.63, 3.8) is 0 Å². The van der Waals surface area contributed by atoms with Crippen LogP contribution in [0.15, 0.2) is 0 Å². The van der Waals surface area contributed by atoms with Crippen LogP contribution in [0.4, 0.5) is 0 Å². The monoisotopic (exact) mass is 367 g/mol. The van der Waals surface area contributed by atoms with E-state index in [1.165, 1.54) is 78.0 Å². The van der Waals surface area contributed by atoms with E-state index in [0.29, 0.717) is 10.8 Å². The van der Waals surface area contributed by atoms with E-state index in [1.54, 1.807) is 0 Å². The van der Waals surface area contributed by atoms with Crippen LogP contribution in [0, 0.1) is 16.7 Å². The van der Waals surface area contributed by atoms with Gasteiger partial charge in [0.25, 0.3) is 0 Å². The van der Waals surface area contributed by atoms with E-state index in [9.17, 15) is 0 Å². The number of piperazine rings is 1. The van der Waals surface area contributed by atoms with Gasteiger partial charge in [0, 0.05) is 39.3 Å². The molecule has 1 atom stereocenters. The average Bonchev–Trinajstić information content (AvgIpc) is 2.61. The number of hydrogen-bond acceptors (Lipinski definition) is 3. The summed E-state index contributed by atoms with van der Waals surface area (Å²) in [5.74, 6) is 0.831. The molecule has 0 radical (unpaired) electrons. The summed E-state index contributed by atoms with van der Waals surface area (Å²) >= 11 is 0. The molecule has 0 saturated carbocycles. The van der Waals surface area contributed by atoms with Crippen molar-refractivity contribution in [3.05, 3.63) is 0 Å². The predicted octanol–water partition coefficient (Wildman–Crippen LogP) is 4.82. The van der Waals surface area contributed by atoms with E-state index in [4.69, 9.17) is 0 Å². The molecule has 26 heavy (non-hydrogen) atoms. The van der Waals surface area contributed by atoms with Crippen molar-refractivity contribution in [2.75, 3.05) is 59.4 Å². The van der Waals surface area contributed by atoms with Crippen LogP contribution >= 0.6 is 0 Å². The van der Waals surface area contributed by atoms with Crippen LogP contribution in [0.3, 0.4) is 0 Å². The zero-order chi connectivity index (χ0) is 19.8. The fourth-order valence-electron chi connectivity index (χ4n) is 4.55. The first-order valence-corrected chi connectivity index (χ1v) is 11.3. The lowest BCUT2D eigenvalue weighted by atomic mass is 9.73. The third kappa shape index (κ3) is 8.27. The lowest BCUT2D eigenvalue weighted by Gasteiger charge is -2.44. The first-order valence-electron chi connectivity index (χ1n) is 11.3. The quantitative estimate of drug-likeness (QED) is 0.638. The summed E-state index contributed by atoms with van der Waals surface area (Å²) < 4.78 is 0. The molecule has 0 aromatic carbocycles. The van der Waals surface area contributed by atoms with Gasteiger partial charge in [0.05, 0.1) is 0 Å².